The highest BCUT2D eigenvalue weighted by molar-refractivity contribution is 7.89. The molecule has 172 valence electrons. The number of rotatable bonds is 7. The van der Waals surface area contributed by atoms with E-state index in [-0.39, 0.29) is 17.9 Å². The summed E-state index contributed by atoms with van der Waals surface area (Å²) in [4.78, 5) is 15.3. The van der Waals surface area contributed by atoms with E-state index in [2.05, 4.69) is 22.3 Å². The van der Waals surface area contributed by atoms with Gasteiger partial charge in [-0.05, 0) is 75.0 Å². The fourth-order valence-corrected chi connectivity index (χ4v) is 6.35. The van der Waals surface area contributed by atoms with Gasteiger partial charge < -0.3 is 10.2 Å². The van der Waals surface area contributed by atoms with Crippen LogP contribution in [0.15, 0.2) is 53.4 Å². The molecule has 4 rings (SSSR count). The molecule has 7 heteroatoms. The third kappa shape index (κ3) is 4.90. The molecule has 1 unspecified atom stereocenters. The lowest BCUT2D eigenvalue weighted by Crippen LogP contribution is -2.44. The average molecular weight is 456 g/mol. The quantitative estimate of drug-likeness (QED) is 0.697. The second kappa shape index (κ2) is 9.73. The molecule has 6 nitrogen and oxygen atoms in total. The third-order valence-corrected chi connectivity index (χ3v) is 8.70. The van der Waals surface area contributed by atoms with E-state index in [1.807, 2.05) is 44.4 Å². The summed E-state index contributed by atoms with van der Waals surface area (Å²) in [5, 5.41) is 3.10. The van der Waals surface area contributed by atoms with Crippen LogP contribution in [-0.2, 0) is 27.7 Å². The summed E-state index contributed by atoms with van der Waals surface area (Å²) in [5.41, 5.74) is 3.59. The lowest BCUT2D eigenvalue weighted by Gasteiger charge is -2.31. The highest BCUT2D eigenvalue weighted by atomic mass is 32.2. The first-order valence-electron chi connectivity index (χ1n) is 11.5. The Kier molecular flexibility index (Phi) is 6.98. The molecule has 1 atom stereocenters. The molecule has 2 aromatic carbocycles. The molecule has 1 fully saturated rings. The van der Waals surface area contributed by atoms with Crippen molar-refractivity contribution in [1.82, 2.24) is 14.5 Å². The van der Waals surface area contributed by atoms with Gasteiger partial charge in [0.05, 0.1) is 10.9 Å². The van der Waals surface area contributed by atoms with Crippen LogP contribution in [0.1, 0.15) is 42.0 Å². The monoisotopic (exact) mass is 455 g/mol. The van der Waals surface area contributed by atoms with E-state index < -0.39 is 10.0 Å². The molecule has 0 radical (unpaired) electrons. The molecule has 1 saturated heterocycles. The lowest BCUT2D eigenvalue weighted by atomic mass is 9.97. The predicted octanol–water partition coefficient (Wildman–Crippen LogP) is 3.00. The standard InChI is InChI=1S/C25H33N3O3S/c1-27(2)24(20-7-4-3-5-8-20)18-26-25(29)21-13-15-28(16-14-21)32(30,31)23-12-11-19-9-6-10-22(19)17-23/h3-5,7-8,11-12,17,21,24H,6,9-10,13-16,18H2,1-2H3,(H,26,29). The maximum atomic E-state index is 13.1. The molecule has 0 spiro atoms. The number of piperidine rings is 1. The van der Waals surface area contributed by atoms with Crippen molar-refractivity contribution in [3.63, 3.8) is 0 Å². The minimum Gasteiger partial charge on any atom is -0.354 e. The molecule has 1 aliphatic carbocycles. The van der Waals surface area contributed by atoms with Crippen LogP contribution in [0.3, 0.4) is 0 Å². The van der Waals surface area contributed by atoms with Gasteiger partial charge in [-0.15, -0.1) is 0 Å². The molecule has 0 saturated carbocycles. The fourth-order valence-electron chi connectivity index (χ4n) is 4.83. The number of fused-ring (bicyclic) bond motifs is 1. The Morgan fingerprint density at radius 1 is 1.06 bits per heavy atom. The van der Waals surface area contributed by atoms with Crippen molar-refractivity contribution in [2.24, 2.45) is 5.92 Å². The van der Waals surface area contributed by atoms with Gasteiger partial charge in [0.1, 0.15) is 0 Å². The lowest BCUT2D eigenvalue weighted by molar-refractivity contribution is -0.126. The molecule has 2 aliphatic rings. The zero-order valence-electron chi connectivity index (χ0n) is 19.0. The van der Waals surface area contributed by atoms with Crippen molar-refractivity contribution in [3.05, 3.63) is 65.2 Å². The van der Waals surface area contributed by atoms with Crippen LogP contribution in [0.25, 0.3) is 0 Å². The Labute approximate surface area is 191 Å². The second-order valence-corrected chi connectivity index (χ2v) is 11.0. The number of hydrogen-bond donors (Lipinski definition) is 1. The Balaban J connectivity index is 1.33. The molecule has 0 aromatic heterocycles. The number of carbonyl (C=O) groups excluding carboxylic acids is 1. The first-order chi connectivity index (χ1) is 15.4. The minimum atomic E-state index is -3.51. The number of benzene rings is 2. The molecular weight excluding hydrogens is 422 g/mol. The SMILES string of the molecule is CN(C)C(CNC(=O)C1CCN(S(=O)(=O)c2ccc3c(c2)CCC3)CC1)c1ccccc1. The summed E-state index contributed by atoms with van der Waals surface area (Å²) >= 11 is 0. The van der Waals surface area contributed by atoms with Gasteiger partial charge >= 0.3 is 0 Å². The van der Waals surface area contributed by atoms with Crippen LogP contribution >= 0.6 is 0 Å². The number of hydrogen-bond acceptors (Lipinski definition) is 4. The topological polar surface area (TPSA) is 69.7 Å². The number of nitrogens with zero attached hydrogens (tertiary/aromatic N) is 2. The average Bonchev–Trinajstić information content (AvgIpc) is 3.28. The normalized spacial score (nSPS) is 18.5. The molecule has 1 N–H and O–H groups in total. The summed E-state index contributed by atoms with van der Waals surface area (Å²) in [6, 6.07) is 15.8. The number of sulfonamides is 1. The van der Waals surface area contributed by atoms with Crippen molar-refractivity contribution < 1.29 is 13.2 Å². The van der Waals surface area contributed by atoms with Gasteiger partial charge in [0, 0.05) is 25.6 Å². The summed E-state index contributed by atoms with van der Waals surface area (Å²) in [6.07, 6.45) is 4.19. The van der Waals surface area contributed by atoms with Crippen LogP contribution in [0.4, 0.5) is 0 Å². The molecule has 32 heavy (non-hydrogen) atoms. The Morgan fingerprint density at radius 2 is 1.75 bits per heavy atom. The van der Waals surface area contributed by atoms with E-state index >= 15 is 0 Å². The van der Waals surface area contributed by atoms with E-state index in [0.29, 0.717) is 37.4 Å². The molecule has 1 heterocycles. The first-order valence-corrected chi connectivity index (χ1v) is 12.9. The Morgan fingerprint density at radius 3 is 2.44 bits per heavy atom. The Hall–Kier alpha value is -2.22. The molecular formula is C25H33N3O3S. The maximum Gasteiger partial charge on any atom is 0.243 e. The highest BCUT2D eigenvalue weighted by Gasteiger charge is 2.33. The summed E-state index contributed by atoms with van der Waals surface area (Å²) in [5.74, 6) is -0.137. The molecule has 1 amide bonds. The van der Waals surface area contributed by atoms with E-state index in [4.69, 9.17) is 0 Å². The van der Waals surface area contributed by atoms with Gasteiger partial charge in [-0.3, -0.25) is 4.79 Å². The van der Waals surface area contributed by atoms with Crippen LogP contribution in [0, 0.1) is 5.92 Å². The van der Waals surface area contributed by atoms with Gasteiger partial charge in [-0.25, -0.2) is 8.42 Å². The van der Waals surface area contributed by atoms with Crippen molar-refractivity contribution in [2.75, 3.05) is 33.7 Å². The van der Waals surface area contributed by atoms with Gasteiger partial charge in [-0.2, -0.15) is 4.31 Å². The predicted molar refractivity (Wildman–Crippen MR) is 126 cm³/mol. The maximum absolute atomic E-state index is 13.1. The molecule has 1 aliphatic heterocycles. The number of aryl methyl sites for hydroxylation is 2. The van der Waals surface area contributed by atoms with Crippen LogP contribution in [0.2, 0.25) is 0 Å². The van der Waals surface area contributed by atoms with Gasteiger partial charge in [-0.1, -0.05) is 36.4 Å². The molecule has 0 bridgehead atoms. The molecule has 2 aromatic rings. The van der Waals surface area contributed by atoms with Crippen LogP contribution < -0.4 is 5.32 Å². The second-order valence-electron chi connectivity index (χ2n) is 9.10. The van der Waals surface area contributed by atoms with Crippen molar-refractivity contribution in [2.45, 2.75) is 43.0 Å². The van der Waals surface area contributed by atoms with E-state index in [0.717, 1.165) is 30.4 Å². The summed E-state index contributed by atoms with van der Waals surface area (Å²) in [6.45, 7) is 1.30. The van der Waals surface area contributed by atoms with E-state index in [9.17, 15) is 13.2 Å². The highest BCUT2D eigenvalue weighted by Crippen LogP contribution is 2.28. The zero-order valence-corrected chi connectivity index (χ0v) is 19.8. The van der Waals surface area contributed by atoms with Crippen molar-refractivity contribution in [3.8, 4) is 0 Å². The third-order valence-electron chi connectivity index (χ3n) is 6.81. The number of nitrogens with one attached hydrogen (secondary N) is 1. The zero-order chi connectivity index (χ0) is 22.7. The first kappa shape index (κ1) is 23.0. The van der Waals surface area contributed by atoms with Crippen LogP contribution in [-0.4, -0.2) is 57.3 Å². The summed E-state index contributed by atoms with van der Waals surface area (Å²) < 4.78 is 27.8. The number of likely N-dealkylation sites (N-methyl/N-ethyl adjacent to an activating group) is 1. The smallest absolute Gasteiger partial charge is 0.243 e. The summed E-state index contributed by atoms with van der Waals surface area (Å²) in [7, 11) is 0.501. The van der Waals surface area contributed by atoms with Crippen molar-refractivity contribution in [1.29, 1.82) is 0 Å². The van der Waals surface area contributed by atoms with Gasteiger partial charge in [0.2, 0.25) is 15.9 Å². The van der Waals surface area contributed by atoms with Gasteiger partial charge in [0.25, 0.3) is 0 Å². The van der Waals surface area contributed by atoms with Gasteiger partial charge in [0.15, 0.2) is 0 Å². The number of amides is 1. The fraction of sp³-hybridized carbons (Fsp3) is 0.480. The minimum absolute atomic E-state index is 0.0161. The number of carbonyl (C=O) groups is 1. The Bertz CT molecular complexity index is 1050. The van der Waals surface area contributed by atoms with E-state index in [1.165, 1.54) is 5.56 Å². The largest absolute Gasteiger partial charge is 0.354 e. The van der Waals surface area contributed by atoms with Crippen LogP contribution in [0.5, 0.6) is 0 Å². The van der Waals surface area contributed by atoms with E-state index in [1.54, 1.807) is 10.4 Å². The van der Waals surface area contributed by atoms with Crippen molar-refractivity contribution >= 4 is 15.9 Å².